The number of nitro groups is 1. The number of primary amides is 1. The Morgan fingerprint density at radius 1 is 0.899 bits per heavy atom. The van der Waals surface area contributed by atoms with Gasteiger partial charge in [0.2, 0.25) is 15.7 Å². The third kappa shape index (κ3) is 11.3. The predicted octanol–water partition coefficient (Wildman–Crippen LogP) is 7.15. The lowest BCUT2D eigenvalue weighted by Crippen LogP contribution is -2.60. The number of nitro benzene ring substituents is 1. The van der Waals surface area contributed by atoms with Crippen molar-refractivity contribution >= 4 is 61.0 Å². The molecule has 0 unspecified atom stereocenters. The average molecular weight is 1240 g/mol. The van der Waals surface area contributed by atoms with Crippen LogP contribution in [0.25, 0.3) is 11.0 Å². The number of H-pyrrole nitrogens is 1. The number of ether oxygens (including phenoxy) is 5. The van der Waals surface area contributed by atoms with Gasteiger partial charge in [0.05, 0.1) is 65.8 Å². The van der Waals surface area contributed by atoms with Gasteiger partial charge in [0.1, 0.15) is 28.9 Å². The van der Waals surface area contributed by atoms with Crippen molar-refractivity contribution in [2.24, 2.45) is 11.1 Å². The second kappa shape index (κ2) is 24.1. The van der Waals surface area contributed by atoms with Crippen molar-refractivity contribution in [3.8, 4) is 17.4 Å². The van der Waals surface area contributed by atoms with Gasteiger partial charge in [0, 0.05) is 140 Å². The third-order valence-electron chi connectivity index (χ3n) is 20.3. The highest BCUT2D eigenvalue weighted by Crippen LogP contribution is 2.56. The number of aromatic nitrogens is 3. The van der Waals surface area contributed by atoms with Crippen molar-refractivity contribution in [2.45, 2.75) is 106 Å². The summed E-state index contributed by atoms with van der Waals surface area (Å²) in [6.45, 7) is 18.8. The molecule has 5 saturated heterocycles. The Morgan fingerprint density at radius 2 is 1.69 bits per heavy atom. The smallest absolute Gasteiger partial charge is 0.297 e. The number of nitrogens with zero attached hydrogens (tertiary/aromatic N) is 10. The molecule has 10 heterocycles. The number of piperidine rings is 1. The van der Waals surface area contributed by atoms with Crippen molar-refractivity contribution in [1.82, 2.24) is 34.6 Å². The summed E-state index contributed by atoms with van der Waals surface area (Å²) in [5.74, 6) is 1.09. The molecule has 472 valence electrons. The monoisotopic (exact) mass is 1240 g/mol. The molecule has 4 N–H and O–H groups in total. The van der Waals surface area contributed by atoms with E-state index >= 15 is 8.42 Å². The highest BCUT2D eigenvalue weighted by atomic mass is 32.2. The zero-order valence-electron chi connectivity index (χ0n) is 51.3. The number of morpholine rings is 1. The number of carbonyl (C=O) groups excluding carboxylic acids is 1. The third-order valence-corrected chi connectivity index (χ3v) is 22.1. The Hall–Kier alpha value is -7.32. The van der Waals surface area contributed by atoms with Gasteiger partial charge >= 0.3 is 0 Å². The number of piperazine rings is 2. The molecule has 0 bridgehead atoms. The molecule has 0 radical (unpaired) electrons. The maximum absolute atomic E-state index is 16.4. The summed E-state index contributed by atoms with van der Waals surface area (Å²) in [6, 6.07) is 20.6. The number of nitrogens with one attached hydrogen (secondary N) is 2. The number of hydrogen-bond acceptors (Lipinski definition) is 20. The Balaban J connectivity index is 0.776. The standard InChI is InChI=1S/C65H81N13O10S/c1-41(2)73-21-18-71(19-22-73)37-45-39-87-55-32-47(31-52(78(80)81)58(55)69-45)89(82,83)60-51(10-9-49(61(66)79)59(60)77-50-12-26-86-40-57(50)88-64-53(77)30-44-11-15-67-62(44)70-64)74-16-13-65(14-17-74)33-46(34-65)76-23-20-72(38-54(76)48-8-6-5-7-42(48)3)36-43-29-56(84-4)63(68-35-43)75-24-27-85-28-25-75/h5-11,15,29-32,35,41,45-46,50,54,57,69H,12-14,16-28,33-34,36-40H2,1-4H3,(H2,66,79)(H,67,70)/t45-,50+,54+,57+/m1/s1. The number of fused-ring (bicyclic) bond motifs is 4. The lowest BCUT2D eigenvalue weighted by atomic mass is 9.59. The second-order valence-electron chi connectivity index (χ2n) is 25.9. The number of sulfone groups is 1. The van der Waals surface area contributed by atoms with Crippen LogP contribution in [-0.4, -0.2) is 203 Å². The fraction of sp³-hybridized carbons (Fsp3) is 0.523. The summed E-state index contributed by atoms with van der Waals surface area (Å²) in [4.78, 5) is 55.6. The first kappa shape index (κ1) is 59.3. The van der Waals surface area contributed by atoms with Gasteiger partial charge in [-0.1, -0.05) is 24.3 Å². The number of anilines is 5. The van der Waals surface area contributed by atoms with Crippen LogP contribution in [0.3, 0.4) is 0 Å². The highest BCUT2D eigenvalue weighted by Gasteiger charge is 2.52. The quantitative estimate of drug-likeness (QED) is 0.0683. The molecule has 3 aromatic heterocycles. The predicted molar refractivity (Wildman–Crippen MR) is 338 cm³/mol. The molecular weight excluding hydrogens is 1150 g/mol. The Kier molecular flexibility index (Phi) is 16.1. The maximum atomic E-state index is 16.4. The van der Waals surface area contributed by atoms with Crippen molar-refractivity contribution < 1.29 is 41.8 Å². The van der Waals surface area contributed by atoms with E-state index in [1.165, 1.54) is 17.2 Å². The molecule has 23 nitrogen and oxygen atoms in total. The lowest BCUT2D eigenvalue weighted by Gasteiger charge is -2.58. The number of pyridine rings is 2. The van der Waals surface area contributed by atoms with Crippen LogP contribution in [0, 0.1) is 22.5 Å². The Labute approximate surface area is 519 Å². The van der Waals surface area contributed by atoms with Gasteiger partial charge in [0.15, 0.2) is 23.0 Å². The van der Waals surface area contributed by atoms with Crippen LogP contribution in [0.15, 0.2) is 88.9 Å². The van der Waals surface area contributed by atoms with Crippen LogP contribution < -0.4 is 40.0 Å². The number of carbonyl (C=O) groups is 1. The molecule has 1 saturated carbocycles. The number of methoxy groups -OCH3 is 1. The number of aryl methyl sites for hydroxylation is 1. The summed E-state index contributed by atoms with van der Waals surface area (Å²) < 4.78 is 63.3. The maximum Gasteiger partial charge on any atom is 0.297 e. The van der Waals surface area contributed by atoms with Crippen LogP contribution >= 0.6 is 0 Å². The van der Waals surface area contributed by atoms with Crippen LogP contribution in [-0.2, 0) is 25.9 Å². The Bertz CT molecular complexity index is 3760. The molecule has 89 heavy (non-hydrogen) atoms. The molecule has 3 aromatic carbocycles. The van der Waals surface area contributed by atoms with Crippen molar-refractivity contribution in [2.75, 3.05) is 139 Å². The number of rotatable bonds is 15. The number of amides is 1. The summed E-state index contributed by atoms with van der Waals surface area (Å²) in [6.07, 6.45) is 7.18. The first-order valence-corrected chi connectivity index (χ1v) is 33.2. The molecule has 6 aromatic rings. The van der Waals surface area contributed by atoms with Gasteiger partial charge in [-0.3, -0.25) is 34.5 Å². The van der Waals surface area contributed by atoms with E-state index < -0.39 is 38.5 Å². The Morgan fingerprint density at radius 3 is 2.44 bits per heavy atom. The van der Waals surface area contributed by atoms with Crippen LogP contribution in [0.2, 0.25) is 0 Å². The zero-order valence-corrected chi connectivity index (χ0v) is 52.1. The summed E-state index contributed by atoms with van der Waals surface area (Å²) in [5.41, 5.74) is 11.3. The van der Waals surface area contributed by atoms with Gasteiger partial charge < -0.3 is 54.4 Å². The van der Waals surface area contributed by atoms with E-state index in [0.717, 1.165) is 120 Å². The summed E-state index contributed by atoms with van der Waals surface area (Å²) in [7, 11) is -3.11. The molecule has 1 amide bonds. The van der Waals surface area contributed by atoms with E-state index in [1.807, 2.05) is 23.2 Å². The van der Waals surface area contributed by atoms with Gasteiger partial charge in [-0.25, -0.2) is 13.4 Å². The summed E-state index contributed by atoms with van der Waals surface area (Å²) >= 11 is 0. The SMILES string of the molecule is COc1cc(CN2CCN(C3CC4(CCN(c5ccc(C(N)=O)c(N6c7cc8cc[nH]c8nc7O[C@H]7COCC[C@@H]76)c5S(=O)(=O)c5cc6c(c([N+](=O)[O-])c5)N[C@H](CN5CCN(C(C)C)CC5)CO6)CC4)C3)[C@H](c3ccccc3C)C2)cnc1N1CCOCC1. The number of aromatic amines is 1. The van der Waals surface area contributed by atoms with E-state index in [2.05, 4.69) is 90.8 Å². The first-order chi connectivity index (χ1) is 43.1. The minimum absolute atomic E-state index is 0.0177. The van der Waals surface area contributed by atoms with Gasteiger partial charge in [-0.15, -0.1) is 0 Å². The van der Waals surface area contributed by atoms with Crippen molar-refractivity contribution in [1.29, 1.82) is 0 Å². The minimum atomic E-state index is -4.82. The topological polar surface area (TPSA) is 243 Å². The molecule has 6 fully saturated rings. The number of nitrogens with two attached hydrogens (primary N) is 1. The van der Waals surface area contributed by atoms with Crippen molar-refractivity contribution in [3.63, 3.8) is 0 Å². The van der Waals surface area contributed by atoms with Crippen LogP contribution in [0.4, 0.5) is 34.3 Å². The van der Waals surface area contributed by atoms with E-state index in [4.69, 9.17) is 39.4 Å². The second-order valence-corrected chi connectivity index (χ2v) is 27.8. The molecule has 14 rings (SSSR count). The normalized spacial score (nSPS) is 23.7. The number of benzene rings is 3. The van der Waals surface area contributed by atoms with Gasteiger partial charge in [-0.05, 0) is 105 Å². The largest absolute Gasteiger partial charge is 0.493 e. The van der Waals surface area contributed by atoms with Gasteiger partial charge in [0.25, 0.3) is 11.6 Å². The van der Waals surface area contributed by atoms with E-state index in [1.54, 1.807) is 25.4 Å². The fourth-order valence-electron chi connectivity index (χ4n) is 15.5. The highest BCUT2D eigenvalue weighted by molar-refractivity contribution is 7.91. The lowest BCUT2D eigenvalue weighted by molar-refractivity contribution is -0.384. The van der Waals surface area contributed by atoms with Crippen molar-refractivity contribution in [3.05, 3.63) is 111 Å². The molecular formula is C65H81N13O10S. The molecule has 24 heteroatoms. The van der Waals surface area contributed by atoms with E-state index in [-0.39, 0.29) is 69.1 Å². The van der Waals surface area contributed by atoms with E-state index in [9.17, 15) is 14.9 Å². The molecule has 4 atom stereocenters. The summed E-state index contributed by atoms with van der Waals surface area (Å²) in [5, 5.41) is 17.4. The molecule has 7 aliphatic heterocycles. The fourth-order valence-corrected chi connectivity index (χ4v) is 17.2. The van der Waals surface area contributed by atoms with Crippen LogP contribution in [0.1, 0.15) is 79.0 Å². The molecule has 8 aliphatic rings. The molecule has 1 spiro atoms. The molecule has 1 aliphatic carbocycles. The first-order valence-electron chi connectivity index (χ1n) is 31.7. The van der Waals surface area contributed by atoms with E-state index in [0.29, 0.717) is 75.0 Å². The zero-order chi connectivity index (χ0) is 61.3. The minimum Gasteiger partial charge on any atom is -0.493 e. The van der Waals surface area contributed by atoms with Gasteiger partial charge in [-0.2, -0.15) is 4.98 Å². The number of hydrogen-bond donors (Lipinski definition) is 3. The average Bonchev–Trinajstić information content (AvgIpc) is 1.14. The van der Waals surface area contributed by atoms with Crippen LogP contribution in [0.5, 0.6) is 17.4 Å².